The number of methoxy groups -OCH3 is 1. The Bertz CT molecular complexity index is 1300. The normalized spacial score (nSPS) is 14.0. The zero-order chi connectivity index (χ0) is 27.9. The molecule has 0 aliphatic heterocycles. The number of nitrogens with zero attached hydrogens (tertiary/aromatic N) is 2. The van der Waals surface area contributed by atoms with Gasteiger partial charge in [-0.2, -0.15) is 4.37 Å². The summed E-state index contributed by atoms with van der Waals surface area (Å²) in [6.07, 6.45) is 3.86. The number of amides is 3. The van der Waals surface area contributed by atoms with Gasteiger partial charge < -0.3 is 31.2 Å². The number of carbonyl (C=O) groups excluding carboxylic acids is 3. The van der Waals surface area contributed by atoms with Gasteiger partial charge in [-0.1, -0.05) is 37.1 Å². The fraction of sp³-hybridized carbons (Fsp3) is 0.357. The number of nitrogens with two attached hydrogens (primary N) is 2. The van der Waals surface area contributed by atoms with E-state index in [4.69, 9.17) is 20.9 Å². The number of hydrogen-bond acceptors (Lipinski definition) is 8. The van der Waals surface area contributed by atoms with Gasteiger partial charge >= 0.3 is 0 Å². The number of rotatable bonds is 11. The topological polar surface area (TPSA) is 150 Å². The summed E-state index contributed by atoms with van der Waals surface area (Å²) in [6.45, 7) is 2.47. The molecular weight excluding hydrogens is 518 g/mol. The summed E-state index contributed by atoms with van der Waals surface area (Å²) >= 11 is 0.785. The highest BCUT2D eigenvalue weighted by molar-refractivity contribution is 7.09. The van der Waals surface area contributed by atoms with Gasteiger partial charge in [0.05, 0.1) is 19.4 Å². The van der Waals surface area contributed by atoms with E-state index in [0.717, 1.165) is 42.8 Å². The van der Waals surface area contributed by atoms with Crippen molar-refractivity contribution in [2.24, 2.45) is 5.73 Å². The molecule has 3 aromatic rings. The largest absolute Gasteiger partial charge is 0.497 e. The van der Waals surface area contributed by atoms with Crippen LogP contribution in [0.15, 0.2) is 48.5 Å². The van der Waals surface area contributed by atoms with Gasteiger partial charge in [-0.05, 0) is 66.7 Å². The van der Waals surface area contributed by atoms with Crippen LogP contribution in [0, 0.1) is 0 Å². The second-order valence-electron chi connectivity index (χ2n) is 9.31. The molecule has 0 saturated heterocycles. The van der Waals surface area contributed by atoms with Crippen LogP contribution in [0.2, 0.25) is 0 Å². The molecular formula is C28H33N5O5S. The molecule has 0 spiro atoms. The van der Waals surface area contributed by atoms with Crippen LogP contribution in [0.1, 0.15) is 69.9 Å². The Morgan fingerprint density at radius 3 is 2.28 bits per heavy atom. The van der Waals surface area contributed by atoms with Gasteiger partial charge in [-0.15, -0.1) is 0 Å². The summed E-state index contributed by atoms with van der Waals surface area (Å²) < 4.78 is 14.9. The molecule has 206 valence electrons. The number of nitrogens with one attached hydrogen (secondary N) is 1. The Kier molecular flexibility index (Phi) is 9.03. The molecule has 1 atom stereocenters. The third kappa shape index (κ3) is 6.48. The molecule has 2 aromatic carbocycles. The lowest BCUT2D eigenvalue weighted by molar-refractivity contribution is -0.126. The highest BCUT2D eigenvalue weighted by Gasteiger charge is 2.36. The average Bonchev–Trinajstić information content (AvgIpc) is 3.59. The van der Waals surface area contributed by atoms with Gasteiger partial charge in [0.25, 0.3) is 11.8 Å². The van der Waals surface area contributed by atoms with E-state index in [2.05, 4.69) is 9.69 Å². The van der Waals surface area contributed by atoms with Crippen molar-refractivity contribution in [1.82, 2.24) is 14.6 Å². The number of hydrogen-bond donors (Lipinski definition) is 3. The number of carbonyl (C=O) groups is 3. The molecule has 11 heteroatoms. The van der Waals surface area contributed by atoms with Crippen LogP contribution in [0.4, 0.5) is 5.69 Å². The van der Waals surface area contributed by atoms with Crippen molar-refractivity contribution < 1.29 is 23.9 Å². The number of ether oxygens (including phenoxy) is 2. The molecule has 5 N–H and O–H groups in total. The molecule has 1 heterocycles. The number of nitrogen functional groups attached to an aromatic ring is 1. The second-order valence-corrected chi connectivity index (χ2v) is 10.1. The van der Waals surface area contributed by atoms with Crippen LogP contribution in [0.5, 0.6) is 11.5 Å². The lowest BCUT2D eigenvalue weighted by atomic mass is 10.0. The molecule has 1 aliphatic carbocycles. The van der Waals surface area contributed by atoms with Crippen LogP contribution in [-0.4, -0.2) is 46.8 Å². The monoisotopic (exact) mass is 551 g/mol. The summed E-state index contributed by atoms with van der Waals surface area (Å²) in [5, 5.41) is 3.14. The first-order valence-corrected chi connectivity index (χ1v) is 13.6. The Morgan fingerprint density at radius 2 is 1.72 bits per heavy atom. The van der Waals surface area contributed by atoms with Gasteiger partial charge in [-0.25, -0.2) is 0 Å². The number of primary amides is 1. The molecule has 1 saturated carbocycles. The minimum atomic E-state index is -0.991. The standard InChI is InChI=1S/C28H33N5O5S/c1-3-38-21-14-10-18(11-15-21)24(27(35)31-19-6-4-5-7-19)33(16-17-8-12-20(37-2)13-9-17)28(36)25-22(29)23(26(30)34)32-39-25/h8-15,19,24H,3-7,16,29H2,1-2H3,(H2,30,34)(H,31,35)/t24-/m0/s1. The summed E-state index contributed by atoms with van der Waals surface area (Å²) in [6, 6.07) is 13.4. The third-order valence-corrected chi connectivity index (χ3v) is 7.55. The molecule has 39 heavy (non-hydrogen) atoms. The third-order valence-electron chi connectivity index (χ3n) is 6.70. The zero-order valence-electron chi connectivity index (χ0n) is 22.0. The molecule has 0 radical (unpaired) electrons. The fourth-order valence-corrected chi connectivity index (χ4v) is 5.46. The van der Waals surface area contributed by atoms with Crippen molar-refractivity contribution in [2.75, 3.05) is 19.5 Å². The minimum absolute atomic E-state index is 0.0376. The molecule has 1 fully saturated rings. The highest BCUT2D eigenvalue weighted by Crippen LogP contribution is 2.32. The molecule has 0 bridgehead atoms. The van der Waals surface area contributed by atoms with Crippen molar-refractivity contribution in [2.45, 2.75) is 51.2 Å². The van der Waals surface area contributed by atoms with Crippen LogP contribution < -0.4 is 26.3 Å². The Balaban J connectivity index is 1.78. The van der Waals surface area contributed by atoms with Crippen molar-refractivity contribution in [3.63, 3.8) is 0 Å². The quantitative estimate of drug-likeness (QED) is 0.329. The van der Waals surface area contributed by atoms with Gasteiger partial charge in [0.1, 0.15) is 22.4 Å². The van der Waals surface area contributed by atoms with E-state index in [1.165, 1.54) is 4.90 Å². The van der Waals surface area contributed by atoms with Gasteiger partial charge in [0.2, 0.25) is 5.91 Å². The molecule has 3 amide bonds. The predicted molar refractivity (Wildman–Crippen MR) is 149 cm³/mol. The summed E-state index contributed by atoms with van der Waals surface area (Å²) in [5.41, 5.74) is 12.6. The molecule has 0 unspecified atom stereocenters. The summed E-state index contributed by atoms with van der Waals surface area (Å²) in [4.78, 5) is 41.3. The van der Waals surface area contributed by atoms with E-state index in [-0.39, 0.29) is 34.8 Å². The Hall–Kier alpha value is -4.12. The van der Waals surface area contributed by atoms with Crippen molar-refractivity contribution in [3.8, 4) is 11.5 Å². The second kappa shape index (κ2) is 12.6. The maximum absolute atomic E-state index is 14.1. The van der Waals surface area contributed by atoms with Crippen LogP contribution in [0.3, 0.4) is 0 Å². The van der Waals surface area contributed by atoms with E-state index in [1.807, 2.05) is 19.1 Å². The fourth-order valence-electron chi connectivity index (χ4n) is 4.70. The zero-order valence-corrected chi connectivity index (χ0v) is 22.8. The molecule has 10 nitrogen and oxygen atoms in total. The first-order chi connectivity index (χ1) is 18.8. The molecule has 1 aliphatic rings. The number of anilines is 1. The predicted octanol–water partition coefficient (Wildman–Crippen LogP) is 3.67. The molecule has 1 aromatic heterocycles. The summed E-state index contributed by atoms with van der Waals surface area (Å²) in [5.74, 6) is -0.343. The highest BCUT2D eigenvalue weighted by atomic mass is 32.1. The van der Waals surface area contributed by atoms with Gasteiger partial charge in [0.15, 0.2) is 5.69 Å². The van der Waals surface area contributed by atoms with Crippen LogP contribution >= 0.6 is 11.5 Å². The Morgan fingerprint density at radius 1 is 1.08 bits per heavy atom. The average molecular weight is 552 g/mol. The van der Waals surface area contributed by atoms with E-state index < -0.39 is 17.9 Å². The first kappa shape index (κ1) is 27.9. The minimum Gasteiger partial charge on any atom is -0.497 e. The van der Waals surface area contributed by atoms with Gasteiger partial charge in [-0.3, -0.25) is 14.4 Å². The smallest absolute Gasteiger partial charge is 0.270 e. The maximum Gasteiger partial charge on any atom is 0.270 e. The van der Waals surface area contributed by atoms with E-state index >= 15 is 0 Å². The number of aromatic nitrogens is 1. The maximum atomic E-state index is 14.1. The van der Waals surface area contributed by atoms with Crippen LogP contribution in [0.25, 0.3) is 0 Å². The SMILES string of the molecule is CCOc1ccc([C@@H](C(=O)NC2CCCC2)N(Cc2ccc(OC)cc2)C(=O)c2snc(C(N)=O)c2N)cc1. The number of benzene rings is 2. The van der Waals surface area contributed by atoms with E-state index in [1.54, 1.807) is 43.5 Å². The van der Waals surface area contributed by atoms with E-state index in [9.17, 15) is 14.4 Å². The first-order valence-electron chi connectivity index (χ1n) is 12.8. The van der Waals surface area contributed by atoms with Crippen molar-refractivity contribution in [3.05, 3.63) is 70.2 Å². The van der Waals surface area contributed by atoms with Crippen molar-refractivity contribution in [1.29, 1.82) is 0 Å². The Labute approximate surface area is 231 Å². The summed E-state index contributed by atoms with van der Waals surface area (Å²) in [7, 11) is 1.57. The van der Waals surface area contributed by atoms with E-state index in [0.29, 0.717) is 23.7 Å². The van der Waals surface area contributed by atoms with Gasteiger partial charge in [0, 0.05) is 12.6 Å². The van der Waals surface area contributed by atoms with Crippen molar-refractivity contribution >= 4 is 34.9 Å². The van der Waals surface area contributed by atoms with Crippen LogP contribution in [-0.2, 0) is 11.3 Å². The lowest BCUT2D eigenvalue weighted by Gasteiger charge is -2.32. The molecule has 4 rings (SSSR count). The lowest BCUT2D eigenvalue weighted by Crippen LogP contribution is -2.45.